The van der Waals surface area contributed by atoms with Crippen molar-refractivity contribution >= 4 is 22.9 Å². The van der Waals surface area contributed by atoms with Crippen molar-refractivity contribution in [1.82, 2.24) is 14.9 Å². The third kappa shape index (κ3) is 2.23. The van der Waals surface area contributed by atoms with Gasteiger partial charge in [0, 0.05) is 12.5 Å². The van der Waals surface area contributed by atoms with Crippen LogP contribution in [0.2, 0.25) is 0 Å². The van der Waals surface area contributed by atoms with Crippen LogP contribution in [-0.2, 0) is 4.79 Å². The Kier molecular flexibility index (Phi) is 3.26. The first-order chi connectivity index (χ1) is 10.7. The molecule has 22 heavy (non-hydrogen) atoms. The molecule has 1 fully saturated rings. The molecule has 2 heterocycles. The van der Waals surface area contributed by atoms with E-state index in [9.17, 15) is 9.90 Å². The summed E-state index contributed by atoms with van der Waals surface area (Å²) in [5, 5.41) is 16.1. The topological polar surface area (TPSA) is 79.2 Å². The molecule has 1 aromatic heterocycles. The van der Waals surface area contributed by atoms with Crippen LogP contribution in [0.5, 0.6) is 0 Å². The normalized spacial score (nSPS) is 25.0. The van der Waals surface area contributed by atoms with Gasteiger partial charge in [0.2, 0.25) is 11.9 Å². The van der Waals surface area contributed by atoms with Crippen LogP contribution < -0.4 is 10.6 Å². The van der Waals surface area contributed by atoms with E-state index in [0.717, 1.165) is 23.9 Å². The summed E-state index contributed by atoms with van der Waals surface area (Å²) < 4.78 is 1.91. The smallest absolute Gasteiger partial charge is 0.243 e. The quantitative estimate of drug-likeness (QED) is 0.790. The highest BCUT2D eigenvalue weighted by molar-refractivity contribution is 5.86. The second-order valence-corrected chi connectivity index (χ2v) is 6.20. The Hall–Kier alpha value is -2.08. The van der Waals surface area contributed by atoms with Crippen LogP contribution in [0.1, 0.15) is 38.1 Å². The van der Waals surface area contributed by atoms with Crippen molar-refractivity contribution in [3.63, 3.8) is 0 Å². The molecule has 0 bridgehead atoms. The largest absolute Gasteiger partial charge is 0.374 e. The summed E-state index contributed by atoms with van der Waals surface area (Å²) in [4.78, 5) is 17.2. The van der Waals surface area contributed by atoms with E-state index >= 15 is 0 Å². The van der Waals surface area contributed by atoms with Crippen molar-refractivity contribution in [1.29, 1.82) is 0 Å². The fraction of sp³-hybridized carbons (Fsp3) is 0.500. The van der Waals surface area contributed by atoms with Crippen LogP contribution in [-0.4, -0.2) is 32.8 Å². The molecule has 1 amide bonds. The number of carbonyl (C=O) groups is 1. The van der Waals surface area contributed by atoms with Crippen molar-refractivity contribution in [3.8, 4) is 0 Å². The minimum atomic E-state index is -0.747. The summed E-state index contributed by atoms with van der Waals surface area (Å²) in [6.07, 6.45) is 4.07. The number of benzene rings is 1. The Morgan fingerprint density at radius 2 is 2.09 bits per heavy atom. The van der Waals surface area contributed by atoms with E-state index in [4.69, 9.17) is 0 Å². The van der Waals surface area contributed by atoms with Gasteiger partial charge in [-0.2, -0.15) is 0 Å². The van der Waals surface area contributed by atoms with Crippen molar-refractivity contribution < 1.29 is 9.90 Å². The summed E-state index contributed by atoms with van der Waals surface area (Å²) in [7, 11) is 0. The number of aliphatic hydroxyl groups is 1. The van der Waals surface area contributed by atoms with Crippen LogP contribution in [0.4, 0.5) is 5.95 Å². The highest BCUT2D eigenvalue weighted by Crippen LogP contribution is 2.32. The van der Waals surface area contributed by atoms with Gasteiger partial charge in [-0.15, -0.1) is 0 Å². The number of nitrogens with one attached hydrogen (secondary N) is 2. The molecule has 2 aliphatic rings. The predicted molar refractivity (Wildman–Crippen MR) is 83.4 cm³/mol. The van der Waals surface area contributed by atoms with Crippen molar-refractivity contribution in [2.45, 2.75) is 50.4 Å². The van der Waals surface area contributed by atoms with E-state index in [1.54, 1.807) is 0 Å². The van der Waals surface area contributed by atoms with Gasteiger partial charge < -0.3 is 15.7 Å². The number of imidazole rings is 1. The van der Waals surface area contributed by atoms with Gasteiger partial charge in [0.1, 0.15) is 12.3 Å². The number of carbonyl (C=O) groups excluding carboxylic acids is 1. The summed E-state index contributed by atoms with van der Waals surface area (Å²) in [5.41, 5.74) is 1.75. The molecule has 0 unspecified atom stereocenters. The molecule has 0 spiro atoms. The molecule has 6 heteroatoms. The van der Waals surface area contributed by atoms with E-state index in [2.05, 4.69) is 15.6 Å². The number of hydrogen-bond acceptors (Lipinski definition) is 4. The van der Waals surface area contributed by atoms with Crippen LogP contribution in [0.3, 0.4) is 0 Å². The van der Waals surface area contributed by atoms with Gasteiger partial charge >= 0.3 is 0 Å². The molecular weight excluding hydrogens is 280 g/mol. The number of aromatic nitrogens is 2. The van der Waals surface area contributed by atoms with Crippen LogP contribution in [0, 0.1) is 0 Å². The van der Waals surface area contributed by atoms with Crippen molar-refractivity contribution in [2.24, 2.45) is 0 Å². The third-order valence-electron chi connectivity index (χ3n) is 4.65. The summed E-state index contributed by atoms with van der Waals surface area (Å²) in [6, 6.07) is 7.60. The SMILES string of the molecule is O=C(NC1CCCC1)[C@H]1C[C@@H](O)Nc2nc3ccccc3n21. The maximum Gasteiger partial charge on any atom is 0.243 e. The summed E-state index contributed by atoms with van der Waals surface area (Å²) in [6.45, 7) is 0. The minimum Gasteiger partial charge on any atom is -0.374 e. The molecule has 1 aliphatic heterocycles. The zero-order valence-electron chi connectivity index (χ0n) is 12.3. The first kappa shape index (κ1) is 13.6. The predicted octanol–water partition coefficient (Wildman–Crippen LogP) is 1.77. The molecule has 0 saturated heterocycles. The van der Waals surface area contributed by atoms with E-state index < -0.39 is 12.3 Å². The van der Waals surface area contributed by atoms with Crippen LogP contribution in [0.25, 0.3) is 11.0 Å². The number of nitrogens with zero attached hydrogens (tertiary/aromatic N) is 2. The maximum absolute atomic E-state index is 12.7. The van der Waals surface area contributed by atoms with Gasteiger partial charge in [-0.3, -0.25) is 9.36 Å². The number of rotatable bonds is 2. The number of anilines is 1. The zero-order chi connectivity index (χ0) is 15.1. The molecule has 116 valence electrons. The number of fused-ring (bicyclic) bond motifs is 3. The second kappa shape index (κ2) is 5.28. The lowest BCUT2D eigenvalue weighted by Crippen LogP contribution is -2.43. The lowest BCUT2D eigenvalue weighted by molar-refractivity contribution is -0.126. The first-order valence-electron chi connectivity index (χ1n) is 7.94. The molecule has 2 atom stereocenters. The number of para-hydroxylation sites is 2. The molecule has 1 aliphatic carbocycles. The molecule has 0 radical (unpaired) electrons. The van der Waals surface area contributed by atoms with E-state index in [0.29, 0.717) is 12.4 Å². The van der Waals surface area contributed by atoms with Crippen LogP contribution in [0.15, 0.2) is 24.3 Å². The monoisotopic (exact) mass is 300 g/mol. The van der Waals surface area contributed by atoms with Gasteiger partial charge in [0.15, 0.2) is 0 Å². The first-order valence-corrected chi connectivity index (χ1v) is 7.94. The highest BCUT2D eigenvalue weighted by Gasteiger charge is 2.33. The highest BCUT2D eigenvalue weighted by atomic mass is 16.3. The van der Waals surface area contributed by atoms with Gasteiger partial charge in [0.25, 0.3) is 0 Å². The Labute approximate surface area is 128 Å². The Morgan fingerprint density at radius 3 is 2.91 bits per heavy atom. The lowest BCUT2D eigenvalue weighted by Gasteiger charge is -2.30. The molecule has 1 aromatic carbocycles. The molecular formula is C16H20N4O2. The van der Waals surface area contributed by atoms with Gasteiger partial charge in [-0.1, -0.05) is 25.0 Å². The van der Waals surface area contributed by atoms with Crippen molar-refractivity contribution in [2.75, 3.05) is 5.32 Å². The molecule has 6 nitrogen and oxygen atoms in total. The molecule has 1 saturated carbocycles. The summed E-state index contributed by atoms with van der Waals surface area (Å²) in [5.74, 6) is 0.545. The standard InChI is InChI=1S/C16H20N4O2/c21-14-9-13(15(22)17-10-5-1-2-6-10)20-12-8-4-3-7-11(12)18-16(20)19-14/h3-4,7-8,10,13-14,21H,1-2,5-6,9H2,(H,17,22)(H,18,19)/t13-,14-/m1/s1. The van der Waals surface area contributed by atoms with Gasteiger partial charge in [-0.05, 0) is 25.0 Å². The van der Waals surface area contributed by atoms with E-state index in [1.165, 1.54) is 12.8 Å². The fourth-order valence-corrected chi connectivity index (χ4v) is 3.58. The van der Waals surface area contributed by atoms with E-state index in [1.807, 2.05) is 28.8 Å². The zero-order valence-corrected chi connectivity index (χ0v) is 12.3. The van der Waals surface area contributed by atoms with Crippen LogP contribution >= 0.6 is 0 Å². The van der Waals surface area contributed by atoms with Crippen molar-refractivity contribution in [3.05, 3.63) is 24.3 Å². The van der Waals surface area contributed by atoms with Gasteiger partial charge in [0.05, 0.1) is 11.0 Å². The second-order valence-electron chi connectivity index (χ2n) is 6.20. The average Bonchev–Trinajstić information content (AvgIpc) is 3.12. The number of hydrogen-bond donors (Lipinski definition) is 3. The lowest BCUT2D eigenvalue weighted by atomic mass is 10.1. The van der Waals surface area contributed by atoms with Gasteiger partial charge in [-0.25, -0.2) is 4.98 Å². The molecule has 2 aromatic rings. The Bertz CT molecular complexity index is 705. The molecule has 3 N–H and O–H groups in total. The molecule has 4 rings (SSSR count). The average molecular weight is 300 g/mol. The Balaban J connectivity index is 1.69. The number of amides is 1. The van der Waals surface area contributed by atoms with E-state index in [-0.39, 0.29) is 11.9 Å². The fourth-order valence-electron chi connectivity index (χ4n) is 3.58. The third-order valence-corrected chi connectivity index (χ3v) is 4.65. The maximum atomic E-state index is 12.7. The number of aliphatic hydroxyl groups excluding tert-OH is 1. The minimum absolute atomic E-state index is 0.0168. The Morgan fingerprint density at radius 1 is 1.32 bits per heavy atom. The summed E-state index contributed by atoms with van der Waals surface area (Å²) >= 11 is 0.